The molecule has 7 heteroatoms. The predicted molar refractivity (Wildman–Crippen MR) is 140 cm³/mol. The van der Waals surface area contributed by atoms with E-state index >= 15 is 0 Å². The Balaban J connectivity index is 1.66. The highest BCUT2D eigenvalue weighted by atomic mass is 32.1. The normalized spacial score (nSPS) is 16.6. The summed E-state index contributed by atoms with van der Waals surface area (Å²) in [5, 5.41) is 9.90. The molecule has 3 aromatic carbocycles. The van der Waals surface area contributed by atoms with Crippen LogP contribution in [0.15, 0.2) is 82.1 Å². The van der Waals surface area contributed by atoms with E-state index in [4.69, 9.17) is 14.5 Å². The highest BCUT2D eigenvalue weighted by molar-refractivity contribution is 7.07. The first-order valence-electron chi connectivity index (χ1n) is 11.7. The number of ether oxygens (including phenoxy) is 2. The molecular weight excluding hydrogens is 472 g/mol. The Morgan fingerprint density at radius 1 is 1.03 bits per heavy atom. The molecule has 1 atom stereocenters. The highest BCUT2D eigenvalue weighted by Gasteiger charge is 2.34. The minimum Gasteiger partial charge on any atom is -0.508 e. The van der Waals surface area contributed by atoms with Gasteiger partial charge in [-0.25, -0.2) is 4.99 Å². The van der Waals surface area contributed by atoms with Crippen molar-refractivity contribution in [2.75, 3.05) is 14.2 Å². The van der Waals surface area contributed by atoms with Crippen molar-refractivity contribution in [2.24, 2.45) is 4.99 Å². The summed E-state index contributed by atoms with van der Waals surface area (Å²) >= 11 is 1.36. The second kappa shape index (κ2) is 8.84. The Morgan fingerprint density at radius 3 is 2.67 bits per heavy atom. The first-order valence-corrected chi connectivity index (χ1v) is 12.5. The van der Waals surface area contributed by atoms with E-state index < -0.39 is 0 Å². The number of allylic oxidation sites excluding steroid dienone is 1. The molecular formula is C29H24N2O4S. The molecule has 0 bridgehead atoms. The summed E-state index contributed by atoms with van der Waals surface area (Å²) in [6, 6.07) is 20.6. The van der Waals surface area contributed by atoms with Crippen LogP contribution in [0.2, 0.25) is 0 Å². The quantitative estimate of drug-likeness (QED) is 0.463. The molecule has 0 spiro atoms. The van der Waals surface area contributed by atoms with Crippen LogP contribution in [0.25, 0.3) is 11.8 Å². The van der Waals surface area contributed by atoms with Crippen LogP contribution in [0.1, 0.15) is 34.7 Å². The summed E-state index contributed by atoms with van der Waals surface area (Å²) in [5.41, 5.74) is 5.89. The van der Waals surface area contributed by atoms with Crippen LogP contribution < -0.4 is 24.4 Å². The van der Waals surface area contributed by atoms with Crippen LogP contribution in [-0.2, 0) is 6.42 Å². The maximum Gasteiger partial charge on any atom is 0.271 e. The van der Waals surface area contributed by atoms with Gasteiger partial charge in [-0.05, 0) is 53.8 Å². The smallest absolute Gasteiger partial charge is 0.271 e. The van der Waals surface area contributed by atoms with Gasteiger partial charge in [-0.15, -0.1) is 0 Å². The van der Waals surface area contributed by atoms with Gasteiger partial charge in [-0.2, -0.15) is 0 Å². The van der Waals surface area contributed by atoms with Crippen molar-refractivity contribution in [1.82, 2.24) is 4.57 Å². The lowest BCUT2D eigenvalue weighted by molar-refractivity contribution is 0.348. The van der Waals surface area contributed by atoms with E-state index in [0.29, 0.717) is 20.8 Å². The molecule has 6 nitrogen and oxygen atoms in total. The van der Waals surface area contributed by atoms with E-state index in [1.54, 1.807) is 43.1 Å². The monoisotopic (exact) mass is 496 g/mol. The minimum absolute atomic E-state index is 0.123. The van der Waals surface area contributed by atoms with Gasteiger partial charge in [0.25, 0.3) is 5.56 Å². The summed E-state index contributed by atoms with van der Waals surface area (Å²) < 4.78 is 13.7. The number of benzene rings is 3. The van der Waals surface area contributed by atoms with Gasteiger partial charge in [0.2, 0.25) is 0 Å². The van der Waals surface area contributed by atoms with Crippen molar-refractivity contribution < 1.29 is 14.6 Å². The molecule has 1 aliphatic carbocycles. The lowest BCUT2D eigenvalue weighted by Crippen LogP contribution is -2.39. The number of para-hydroxylation sites is 1. The summed E-state index contributed by atoms with van der Waals surface area (Å²) in [4.78, 5) is 19.6. The van der Waals surface area contributed by atoms with Crippen LogP contribution in [-0.4, -0.2) is 23.9 Å². The molecule has 2 heterocycles. The van der Waals surface area contributed by atoms with E-state index in [0.717, 1.165) is 40.8 Å². The van der Waals surface area contributed by atoms with Crippen molar-refractivity contribution in [3.63, 3.8) is 0 Å². The number of hydrogen-bond donors (Lipinski definition) is 1. The lowest BCUT2D eigenvalue weighted by Gasteiger charge is -2.31. The van der Waals surface area contributed by atoms with Gasteiger partial charge in [0.15, 0.2) is 16.3 Å². The molecule has 0 saturated carbocycles. The number of aromatic hydroxyl groups is 1. The number of thiazole rings is 1. The zero-order valence-corrected chi connectivity index (χ0v) is 20.7. The highest BCUT2D eigenvalue weighted by Crippen LogP contribution is 2.45. The fourth-order valence-corrected chi connectivity index (χ4v) is 6.19. The largest absolute Gasteiger partial charge is 0.508 e. The lowest BCUT2D eigenvalue weighted by atomic mass is 9.83. The van der Waals surface area contributed by atoms with E-state index in [1.807, 2.05) is 30.3 Å². The average molecular weight is 497 g/mol. The Kier molecular flexibility index (Phi) is 5.49. The minimum atomic E-state index is -0.374. The van der Waals surface area contributed by atoms with Crippen LogP contribution in [0, 0.1) is 0 Å². The van der Waals surface area contributed by atoms with Gasteiger partial charge in [0, 0.05) is 11.1 Å². The molecule has 1 aliphatic heterocycles. The van der Waals surface area contributed by atoms with Crippen molar-refractivity contribution in [3.05, 3.63) is 114 Å². The molecule has 2 aliphatic rings. The molecule has 6 rings (SSSR count). The fraction of sp³-hybridized carbons (Fsp3) is 0.172. The molecule has 1 unspecified atom stereocenters. The zero-order chi connectivity index (χ0) is 24.8. The van der Waals surface area contributed by atoms with E-state index in [9.17, 15) is 9.90 Å². The van der Waals surface area contributed by atoms with Crippen molar-refractivity contribution in [3.8, 4) is 17.2 Å². The third-order valence-electron chi connectivity index (χ3n) is 6.77. The molecule has 180 valence electrons. The van der Waals surface area contributed by atoms with Gasteiger partial charge in [0.05, 0.1) is 30.5 Å². The van der Waals surface area contributed by atoms with Crippen LogP contribution in [0.4, 0.5) is 0 Å². The maximum atomic E-state index is 13.9. The van der Waals surface area contributed by atoms with E-state index in [-0.39, 0.29) is 17.4 Å². The summed E-state index contributed by atoms with van der Waals surface area (Å²) in [7, 11) is 3.24. The first kappa shape index (κ1) is 22.4. The number of rotatable bonds is 4. The number of fused-ring (bicyclic) bond motifs is 3. The molecule has 1 N–H and O–H groups in total. The molecule has 1 aromatic heterocycles. The SMILES string of the molecule is COc1cccc(C2C3=C(N=c4s/c(=C/c5cccc(O)c5)c(=O)n42)c2ccccc2CC3)c1OC. The van der Waals surface area contributed by atoms with Crippen LogP contribution in [0.5, 0.6) is 17.2 Å². The van der Waals surface area contributed by atoms with Gasteiger partial charge < -0.3 is 14.6 Å². The van der Waals surface area contributed by atoms with E-state index in [2.05, 4.69) is 18.2 Å². The summed E-state index contributed by atoms with van der Waals surface area (Å²) in [6.07, 6.45) is 3.47. The second-order valence-corrected chi connectivity index (χ2v) is 9.80. The molecule has 36 heavy (non-hydrogen) atoms. The Morgan fingerprint density at radius 2 is 1.86 bits per heavy atom. The molecule has 0 amide bonds. The van der Waals surface area contributed by atoms with Gasteiger partial charge in [0.1, 0.15) is 5.75 Å². The Labute approximate surface area is 211 Å². The number of hydrogen-bond acceptors (Lipinski definition) is 6. The predicted octanol–water partition coefficient (Wildman–Crippen LogP) is 4.04. The third-order valence-corrected chi connectivity index (χ3v) is 7.75. The summed E-state index contributed by atoms with van der Waals surface area (Å²) in [6.45, 7) is 0. The van der Waals surface area contributed by atoms with Gasteiger partial charge in [-0.3, -0.25) is 9.36 Å². The first-order chi connectivity index (χ1) is 17.6. The third kappa shape index (κ3) is 3.55. The summed E-state index contributed by atoms with van der Waals surface area (Å²) in [5.74, 6) is 1.38. The molecule has 4 aromatic rings. The van der Waals surface area contributed by atoms with E-state index in [1.165, 1.54) is 16.9 Å². The van der Waals surface area contributed by atoms with Crippen molar-refractivity contribution >= 4 is 23.1 Å². The van der Waals surface area contributed by atoms with Crippen molar-refractivity contribution in [2.45, 2.75) is 18.9 Å². The van der Waals surface area contributed by atoms with Crippen LogP contribution in [0.3, 0.4) is 0 Å². The zero-order valence-electron chi connectivity index (χ0n) is 19.9. The standard InChI is InChI=1S/C29H24N2O4S/c1-34-23-12-6-11-22(27(23)35-2)26-21-14-13-18-8-3-4-10-20(18)25(21)30-29-31(26)28(33)24(36-29)16-17-7-5-9-19(32)15-17/h3-12,15-16,26,32H,13-14H2,1-2H3/b24-16+. The number of aryl methyl sites for hydroxylation is 1. The molecule has 0 radical (unpaired) electrons. The maximum absolute atomic E-state index is 13.9. The van der Waals surface area contributed by atoms with Gasteiger partial charge in [-0.1, -0.05) is 59.9 Å². The van der Waals surface area contributed by atoms with Gasteiger partial charge >= 0.3 is 0 Å². The Hall–Kier alpha value is -4.10. The number of phenols is 1. The number of aromatic nitrogens is 1. The Bertz CT molecular complexity index is 1710. The molecule has 0 fully saturated rings. The number of nitrogens with zero attached hydrogens (tertiary/aromatic N) is 2. The number of phenolic OH excluding ortho intramolecular Hbond substituents is 1. The van der Waals surface area contributed by atoms with Crippen LogP contribution >= 0.6 is 11.3 Å². The number of methoxy groups -OCH3 is 2. The topological polar surface area (TPSA) is 73.0 Å². The molecule has 0 saturated heterocycles. The van der Waals surface area contributed by atoms with Crippen molar-refractivity contribution in [1.29, 1.82) is 0 Å². The second-order valence-electron chi connectivity index (χ2n) is 8.79. The average Bonchev–Trinajstić information content (AvgIpc) is 3.21. The fourth-order valence-electron chi connectivity index (χ4n) is 5.19.